The molecular formula is C23H21ClN4O3. The minimum absolute atomic E-state index is 0.0821. The van der Waals surface area contributed by atoms with E-state index in [4.69, 9.17) is 36.8 Å². The molecule has 8 heteroatoms. The zero-order valence-corrected chi connectivity index (χ0v) is 17.7. The van der Waals surface area contributed by atoms with Crippen LogP contribution in [0, 0.1) is 6.92 Å². The zero-order chi connectivity index (χ0) is 21.5. The average molecular weight is 437 g/mol. The van der Waals surface area contributed by atoms with Crippen LogP contribution in [-0.2, 0) is 9.47 Å². The summed E-state index contributed by atoms with van der Waals surface area (Å²) in [5.74, 6) is -0.331. The van der Waals surface area contributed by atoms with Gasteiger partial charge in [0, 0.05) is 11.6 Å². The highest BCUT2D eigenvalue weighted by Gasteiger charge is 2.27. The molecule has 2 aromatic carbocycles. The Morgan fingerprint density at radius 1 is 1.26 bits per heavy atom. The number of aryl methyl sites for hydroxylation is 1. The van der Waals surface area contributed by atoms with Gasteiger partial charge in [0.1, 0.15) is 23.5 Å². The lowest BCUT2D eigenvalue weighted by molar-refractivity contribution is 0.0163. The molecule has 0 bridgehead atoms. The number of para-hydroxylation sites is 2. The van der Waals surface area contributed by atoms with Gasteiger partial charge >= 0.3 is 5.97 Å². The molecule has 5 rings (SSSR count). The van der Waals surface area contributed by atoms with E-state index in [1.54, 1.807) is 10.6 Å². The lowest BCUT2D eigenvalue weighted by Crippen LogP contribution is -2.18. The number of halogens is 1. The summed E-state index contributed by atoms with van der Waals surface area (Å²) in [7, 11) is 0. The first kappa shape index (κ1) is 19.8. The van der Waals surface area contributed by atoms with Gasteiger partial charge in [-0.15, -0.1) is 0 Å². The molecule has 3 heterocycles. The van der Waals surface area contributed by atoms with Crippen molar-refractivity contribution in [3.8, 4) is 5.69 Å². The van der Waals surface area contributed by atoms with Crippen LogP contribution >= 0.6 is 11.6 Å². The molecule has 1 fully saturated rings. The maximum absolute atomic E-state index is 13.1. The standard InChI is InChI=1S/C23H21ClN4O3/c1-13-8-9-14(11-16(13)24)28-21(25)19(23(29)31-12-15-5-4-10-30-15)20-22(28)27-18-7-3-2-6-17(18)26-20/h2-3,6-9,11,15H,4-5,10,12,25H2,1H3. The van der Waals surface area contributed by atoms with E-state index in [0.29, 0.717) is 39.5 Å². The first-order valence-electron chi connectivity index (χ1n) is 10.1. The first-order valence-corrected chi connectivity index (χ1v) is 10.5. The first-order chi connectivity index (χ1) is 15.0. The van der Waals surface area contributed by atoms with E-state index in [0.717, 1.165) is 18.4 Å². The number of rotatable bonds is 4. The molecule has 1 aliphatic heterocycles. The van der Waals surface area contributed by atoms with Crippen LogP contribution in [0.4, 0.5) is 5.82 Å². The van der Waals surface area contributed by atoms with E-state index in [9.17, 15) is 4.79 Å². The van der Waals surface area contributed by atoms with Crippen LogP contribution in [-0.4, -0.2) is 39.8 Å². The number of carbonyl (C=O) groups excluding carboxylic acids is 1. The van der Waals surface area contributed by atoms with E-state index in [1.165, 1.54) is 0 Å². The molecule has 7 nitrogen and oxygen atoms in total. The molecule has 158 valence electrons. The lowest BCUT2D eigenvalue weighted by atomic mass is 10.2. The highest BCUT2D eigenvalue weighted by molar-refractivity contribution is 6.31. The molecule has 1 aliphatic rings. The molecule has 1 atom stereocenters. The third-order valence-corrected chi connectivity index (χ3v) is 5.95. The number of carbonyl (C=O) groups is 1. The Bertz CT molecular complexity index is 1310. The number of fused-ring (bicyclic) bond motifs is 2. The Balaban J connectivity index is 1.68. The fourth-order valence-corrected chi connectivity index (χ4v) is 4.04. The fraction of sp³-hybridized carbons (Fsp3) is 0.261. The van der Waals surface area contributed by atoms with Gasteiger partial charge in [-0.3, -0.25) is 4.57 Å². The van der Waals surface area contributed by atoms with Crippen LogP contribution in [0.2, 0.25) is 5.02 Å². The van der Waals surface area contributed by atoms with Crippen molar-refractivity contribution < 1.29 is 14.3 Å². The Morgan fingerprint density at radius 3 is 2.74 bits per heavy atom. The summed E-state index contributed by atoms with van der Waals surface area (Å²) in [6.07, 6.45) is 1.76. The molecule has 1 saturated heterocycles. The molecule has 4 aromatic rings. The van der Waals surface area contributed by atoms with Crippen LogP contribution in [0.1, 0.15) is 28.8 Å². The van der Waals surface area contributed by atoms with Crippen LogP contribution in [0.25, 0.3) is 27.9 Å². The Kier molecular flexibility index (Phi) is 5.00. The maximum Gasteiger partial charge on any atom is 0.344 e. The highest BCUT2D eigenvalue weighted by Crippen LogP contribution is 2.33. The predicted octanol–water partition coefficient (Wildman–Crippen LogP) is 4.45. The molecule has 0 spiro atoms. The predicted molar refractivity (Wildman–Crippen MR) is 120 cm³/mol. The van der Waals surface area contributed by atoms with Crippen molar-refractivity contribution in [3.63, 3.8) is 0 Å². The SMILES string of the molecule is Cc1ccc(-n2c(N)c(C(=O)OCC3CCCO3)c3nc4ccccc4nc32)cc1Cl. The number of anilines is 1. The van der Waals surface area contributed by atoms with Gasteiger partial charge < -0.3 is 15.2 Å². The lowest BCUT2D eigenvalue weighted by Gasteiger charge is -2.11. The highest BCUT2D eigenvalue weighted by atomic mass is 35.5. The van der Waals surface area contributed by atoms with Crippen LogP contribution in [0.5, 0.6) is 0 Å². The number of nitrogens with two attached hydrogens (primary N) is 1. The normalized spacial score (nSPS) is 16.3. The second kappa shape index (κ2) is 7.83. The van der Waals surface area contributed by atoms with E-state index >= 15 is 0 Å². The number of nitrogen functional groups attached to an aromatic ring is 1. The molecule has 0 aliphatic carbocycles. The fourth-order valence-electron chi connectivity index (χ4n) is 3.86. The van der Waals surface area contributed by atoms with Gasteiger partial charge in [-0.05, 0) is 49.6 Å². The third kappa shape index (κ3) is 3.49. The van der Waals surface area contributed by atoms with Crippen molar-refractivity contribution >= 4 is 45.6 Å². The van der Waals surface area contributed by atoms with Gasteiger partial charge in [-0.2, -0.15) is 0 Å². The van der Waals surface area contributed by atoms with Crippen LogP contribution < -0.4 is 5.73 Å². The minimum Gasteiger partial charge on any atom is -0.459 e. The topological polar surface area (TPSA) is 92.3 Å². The average Bonchev–Trinajstić information content (AvgIpc) is 3.38. The molecule has 0 radical (unpaired) electrons. The Labute approximate surface area is 183 Å². The zero-order valence-electron chi connectivity index (χ0n) is 17.0. The number of nitrogens with zero attached hydrogens (tertiary/aromatic N) is 3. The molecule has 0 saturated carbocycles. The summed E-state index contributed by atoms with van der Waals surface area (Å²) in [5, 5.41) is 0.593. The number of benzene rings is 2. The van der Waals surface area contributed by atoms with Crippen molar-refractivity contribution in [2.45, 2.75) is 25.9 Å². The Morgan fingerprint density at radius 2 is 2.03 bits per heavy atom. The quantitative estimate of drug-likeness (QED) is 0.475. The molecule has 0 amide bonds. The van der Waals surface area contributed by atoms with Crippen LogP contribution in [0.3, 0.4) is 0 Å². The van der Waals surface area contributed by atoms with Crippen molar-refractivity contribution in [3.05, 3.63) is 58.6 Å². The van der Waals surface area contributed by atoms with Crippen molar-refractivity contribution in [2.75, 3.05) is 18.9 Å². The van der Waals surface area contributed by atoms with Gasteiger partial charge in [0.05, 0.1) is 22.8 Å². The monoisotopic (exact) mass is 436 g/mol. The van der Waals surface area contributed by atoms with Crippen molar-refractivity contribution in [1.29, 1.82) is 0 Å². The molecular weight excluding hydrogens is 416 g/mol. The van der Waals surface area contributed by atoms with Gasteiger partial charge in [-0.1, -0.05) is 29.8 Å². The van der Waals surface area contributed by atoms with E-state index in [-0.39, 0.29) is 24.1 Å². The maximum atomic E-state index is 13.1. The Hall–Kier alpha value is -3.16. The largest absolute Gasteiger partial charge is 0.459 e. The molecule has 2 aromatic heterocycles. The number of aromatic nitrogens is 3. The minimum atomic E-state index is -0.542. The third-order valence-electron chi connectivity index (χ3n) is 5.54. The van der Waals surface area contributed by atoms with Gasteiger partial charge in [0.25, 0.3) is 0 Å². The summed E-state index contributed by atoms with van der Waals surface area (Å²) < 4.78 is 12.8. The van der Waals surface area contributed by atoms with Crippen molar-refractivity contribution in [1.82, 2.24) is 14.5 Å². The number of ether oxygens (including phenoxy) is 2. The number of hydrogen-bond donors (Lipinski definition) is 1. The van der Waals surface area contributed by atoms with E-state index < -0.39 is 5.97 Å². The smallest absolute Gasteiger partial charge is 0.344 e. The van der Waals surface area contributed by atoms with Gasteiger partial charge in [0.2, 0.25) is 0 Å². The molecule has 1 unspecified atom stereocenters. The summed E-state index contributed by atoms with van der Waals surface area (Å²) in [6, 6.07) is 13.1. The summed E-state index contributed by atoms with van der Waals surface area (Å²) >= 11 is 6.36. The van der Waals surface area contributed by atoms with Crippen molar-refractivity contribution in [2.24, 2.45) is 0 Å². The number of hydrogen-bond acceptors (Lipinski definition) is 6. The molecule has 2 N–H and O–H groups in total. The summed E-state index contributed by atoms with van der Waals surface area (Å²) in [4.78, 5) is 22.5. The summed E-state index contributed by atoms with van der Waals surface area (Å²) in [5.41, 5.74) is 10.6. The molecule has 31 heavy (non-hydrogen) atoms. The van der Waals surface area contributed by atoms with E-state index in [1.807, 2.05) is 43.3 Å². The second-order valence-corrected chi connectivity index (χ2v) is 8.05. The summed E-state index contributed by atoms with van der Waals surface area (Å²) in [6.45, 7) is 2.79. The van der Waals surface area contributed by atoms with E-state index in [2.05, 4.69) is 0 Å². The second-order valence-electron chi connectivity index (χ2n) is 7.65. The van der Waals surface area contributed by atoms with Gasteiger partial charge in [-0.25, -0.2) is 14.8 Å². The van der Waals surface area contributed by atoms with Gasteiger partial charge in [0.15, 0.2) is 5.65 Å². The van der Waals surface area contributed by atoms with Crippen LogP contribution in [0.15, 0.2) is 42.5 Å². The number of esters is 1.